The Labute approximate surface area is 115 Å². The van der Waals surface area contributed by atoms with Gasteiger partial charge in [0, 0.05) is 23.6 Å². The molecule has 0 aliphatic heterocycles. The van der Waals surface area contributed by atoms with Gasteiger partial charge in [-0.2, -0.15) is 4.98 Å². The number of nitrogens with two attached hydrogens (primary N) is 1. The van der Waals surface area contributed by atoms with E-state index >= 15 is 0 Å². The molecule has 0 saturated carbocycles. The predicted molar refractivity (Wildman–Crippen MR) is 74.6 cm³/mol. The van der Waals surface area contributed by atoms with Crippen LogP contribution >= 0.6 is 0 Å². The van der Waals surface area contributed by atoms with Gasteiger partial charge in [0.05, 0.1) is 0 Å². The van der Waals surface area contributed by atoms with Crippen LogP contribution in [0, 0.1) is 13.8 Å². The summed E-state index contributed by atoms with van der Waals surface area (Å²) in [5.41, 5.74) is 9.33. The van der Waals surface area contributed by atoms with Crippen molar-refractivity contribution in [2.24, 2.45) is 0 Å². The Morgan fingerprint density at radius 3 is 2.50 bits per heavy atom. The largest absolute Gasteiger partial charge is 0.398 e. The van der Waals surface area contributed by atoms with Crippen LogP contribution in [0.25, 0.3) is 23.1 Å². The minimum absolute atomic E-state index is 0.360. The van der Waals surface area contributed by atoms with Gasteiger partial charge in [-0.25, -0.2) is 9.97 Å². The Kier molecular flexibility index (Phi) is 2.90. The maximum atomic E-state index is 5.88. The highest BCUT2D eigenvalue weighted by Gasteiger charge is 2.13. The summed E-state index contributed by atoms with van der Waals surface area (Å²) in [6, 6.07) is 5.61. The summed E-state index contributed by atoms with van der Waals surface area (Å²) in [4.78, 5) is 12.6. The van der Waals surface area contributed by atoms with Gasteiger partial charge < -0.3 is 10.3 Å². The van der Waals surface area contributed by atoms with Crippen molar-refractivity contribution in [1.29, 1.82) is 0 Å². The third kappa shape index (κ3) is 2.23. The molecule has 0 atom stereocenters. The van der Waals surface area contributed by atoms with E-state index in [4.69, 9.17) is 10.3 Å². The van der Waals surface area contributed by atoms with Crippen molar-refractivity contribution in [2.45, 2.75) is 13.8 Å². The molecule has 2 heterocycles. The summed E-state index contributed by atoms with van der Waals surface area (Å²) in [7, 11) is 0. The van der Waals surface area contributed by atoms with Gasteiger partial charge in [0.25, 0.3) is 5.89 Å². The maximum absolute atomic E-state index is 5.88. The van der Waals surface area contributed by atoms with Gasteiger partial charge in [0.15, 0.2) is 0 Å². The van der Waals surface area contributed by atoms with Crippen molar-refractivity contribution in [3.05, 3.63) is 41.7 Å². The van der Waals surface area contributed by atoms with Gasteiger partial charge in [-0.15, -0.1) is 0 Å². The summed E-state index contributed by atoms with van der Waals surface area (Å²) in [5.74, 6) is 1.20. The normalized spacial score (nSPS) is 10.7. The highest BCUT2D eigenvalue weighted by Crippen LogP contribution is 2.23. The first-order valence-corrected chi connectivity index (χ1v) is 6.13. The van der Waals surface area contributed by atoms with Crippen molar-refractivity contribution in [3.8, 4) is 23.1 Å². The molecule has 0 spiro atoms. The van der Waals surface area contributed by atoms with E-state index < -0.39 is 0 Å². The number of hydrogen-bond acceptors (Lipinski definition) is 6. The lowest BCUT2D eigenvalue weighted by Crippen LogP contribution is -1.91. The van der Waals surface area contributed by atoms with Crippen LogP contribution in [0.5, 0.6) is 0 Å². The molecule has 6 heteroatoms. The number of nitrogens with zero attached hydrogens (tertiary/aromatic N) is 4. The Morgan fingerprint density at radius 2 is 1.80 bits per heavy atom. The van der Waals surface area contributed by atoms with E-state index in [0.29, 0.717) is 23.2 Å². The second-order valence-corrected chi connectivity index (χ2v) is 4.58. The minimum Gasteiger partial charge on any atom is -0.398 e. The van der Waals surface area contributed by atoms with E-state index in [0.717, 1.165) is 16.7 Å². The van der Waals surface area contributed by atoms with Gasteiger partial charge in [0.1, 0.15) is 0 Å². The Balaban J connectivity index is 1.97. The van der Waals surface area contributed by atoms with E-state index in [1.807, 2.05) is 32.0 Å². The second kappa shape index (κ2) is 4.73. The van der Waals surface area contributed by atoms with E-state index in [9.17, 15) is 0 Å². The number of nitrogen functional groups attached to an aromatic ring is 1. The highest BCUT2D eigenvalue weighted by atomic mass is 16.5. The fourth-order valence-corrected chi connectivity index (χ4v) is 1.71. The first kappa shape index (κ1) is 12.3. The molecule has 6 nitrogen and oxygen atoms in total. The molecule has 1 aromatic carbocycles. The van der Waals surface area contributed by atoms with Gasteiger partial charge in [0.2, 0.25) is 11.6 Å². The SMILES string of the molecule is Cc1cnc(-c2noc(-c3ccc(C)c(N)c3)n2)nc1. The van der Waals surface area contributed by atoms with E-state index in [-0.39, 0.29) is 0 Å². The van der Waals surface area contributed by atoms with Crippen LogP contribution in [-0.2, 0) is 0 Å². The molecule has 100 valence electrons. The van der Waals surface area contributed by atoms with Crippen molar-refractivity contribution in [1.82, 2.24) is 20.1 Å². The molecule has 2 N–H and O–H groups in total. The molecule has 0 bridgehead atoms. The van der Waals surface area contributed by atoms with Crippen LogP contribution in [0.2, 0.25) is 0 Å². The lowest BCUT2D eigenvalue weighted by atomic mass is 10.1. The van der Waals surface area contributed by atoms with Crippen LogP contribution < -0.4 is 5.73 Å². The van der Waals surface area contributed by atoms with Crippen LogP contribution in [0.15, 0.2) is 35.1 Å². The Morgan fingerprint density at radius 1 is 1.05 bits per heavy atom. The first-order chi connectivity index (χ1) is 9.63. The van der Waals surface area contributed by atoms with E-state index in [1.165, 1.54) is 0 Å². The molecule has 0 saturated heterocycles. The number of aromatic nitrogens is 4. The maximum Gasteiger partial charge on any atom is 0.258 e. The average molecular weight is 267 g/mol. The third-order valence-electron chi connectivity index (χ3n) is 2.93. The van der Waals surface area contributed by atoms with Crippen LogP contribution in [0.4, 0.5) is 5.69 Å². The monoisotopic (exact) mass is 267 g/mol. The third-order valence-corrected chi connectivity index (χ3v) is 2.93. The van der Waals surface area contributed by atoms with E-state index in [1.54, 1.807) is 12.4 Å². The summed E-state index contributed by atoms with van der Waals surface area (Å²) >= 11 is 0. The van der Waals surface area contributed by atoms with Gasteiger partial charge in [-0.3, -0.25) is 0 Å². The van der Waals surface area contributed by atoms with Gasteiger partial charge >= 0.3 is 0 Å². The molecule has 0 radical (unpaired) electrons. The smallest absolute Gasteiger partial charge is 0.258 e. The molecule has 0 unspecified atom stereocenters. The number of rotatable bonds is 2. The summed E-state index contributed by atoms with van der Waals surface area (Å²) in [5, 5.41) is 3.89. The van der Waals surface area contributed by atoms with Crippen LogP contribution in [0.1, 0.15) is 11.1 Å². The molecule has 3 rings (SSSR count). The van der Waals surface area contributed by atoms with Crippen LogP contribution in [0.3, 0.4) is 0 Å². The fraction of sp³-hybridized carbons (Fsp3) is 0.143. The minimum atomic E-state index is 0.360. The van der Waals surface area contributed by atoms with Crippen molar-refractivity contribution in [3.63, 3.8) is 0 Å². The van der Waals surface area contributed by atoms with Crippen LogP contribution in [-0.4, -0.2) is 20.1 Å². The average Bonchev–Trinajstić information content (AvgIpc) is 2.92. The fourth-order valence-electron chi connectivity index (χ4n) is 1.71. The standard InChI is InChI=1S/C14H13N5O/c1-8-6-16-12(17-7-8)13-18-14(20-19-13)10-4-3-9(2)11(15)5-10/h3-7H,15H2,1-2H3. The molecular formula is C14H13N5O. The molecule has 3 aromatic rings. The summed E-state index contributed by atoms with van der Waals surface area (Å²) in [6.45, 7) is 3.86. The molecular weight excluding hydrogens is 254 g/mol. The van der Waals surface area contributed by atoms with Crippen molar-refractivity contribution in [2.75, 3.05) is 5.73 Å². The Hall–Kier alpha value is -2.76. The molecule has 0 amide bonds. The molecule has 2 aromatic heterocycles. The molecule has 0 aliphatic carbocycles. The lowest BCUT2D eigenvalue weighted by molar-refractivity contribution is 0.432. The van der Waals surface area contributed by atoms with E-state index in [2.05, 4.69) is 20.1 Å². The molecule has 0 aliphatic rings. The second-order valence-electron chi connectivity index (χ2n) is 4.58. The van der Waals surface area contributed by atoms with Crippen molar-refractivity contribution >= 4 is 5.69 Å². The molecule has 20 heavy (non-hydrogen) atoms. The number of aryl methyl sites for hydroxylation is 2. The number of benzene rings is 1. The zero-order valence-electron chi connectivity index (χ0n) is 11.2. The molecule has 0 fully saturated rings. The lowest BCUT2D eigenvalue weighted by Gasteiger charge is -2.00. The highest BCUT2D eigenvalue weighted by molar-refractivity contribution is 5.63. The zero-order chi connectivity index (χ0) is 14.1. The van der Waals surface area contributed by atoms with Crippen molar-refractivity contribution < 1.29 is 4.52 Å². The summed E-state index contributed by atoms with van der Waals surface area (Å²) < 4.78 is 5.23. The van der Waals surface area contributed by atoms with Gasteiger partial charge in [-0.05, 0) is 37.1 Å². The number of hydrogen-bond donors (Lipinski definition) is 1. The quantitative estimate of drug-likeness (QED) is 0.717. The first-order valence-electron chi connectivity index (χ1n) is 6.13. The zero-order valence-corrected chi connectivity index (χ0v) is 11.2. The topological polar surface area (TPSA) is 90.7 Å². The Bertz CT molecular complexity index is 749. The van der Waals surface area contributed by atoms with Gasteiger partial charge in [-0.1, -0.05) is 11.2 Å². The predicted octanol–water partition coefficient (Wildman–Crippen LogP) is 2.39. The number of anilines is 1. The summed E-state index contributed by atoms with van der Waals surface area (Å²) in [6.07, 6.45) is 3.42.